The van der Waals surface area contributed by atoms with Crippen molar-refractivity contribution in [3.8, 4) is 11.4 Å². The van der Waals surface area contributed by atoms with Crippen molar-refractivity contribution in [3.05, 3.63) is 35.5 Å². The topological polar surface area (TPSA) is 79.5 Å². The molecular weight excluding hydrogens is 303 g/mol. The monoisotopic (exact) mass is 315 g/mol. The molecule has 9 heteroatoms. The van der Waals surface area contributed by atoms with Gasteiger partial charge in [-0.15, -0.1) is 0 Å². The number of carboxylic acid groups (broad SMARTS) is 1. The van der Waals surface area contributed by atoms with Gasteiger partial charge in [0.25, 0.3) is 0 Å². The summed E-state index contributed by atoms with van der Waals surface area (Å²) in [6, 6.07) is 1.53. The van der Waals surface area contributed by atoms with Gasteiger partial charge in [-0.3, -0.25) is 9.69 Å². The van der Waals surface area contributed by atoms with Crippen LogP contribution in [0.2, 0.25) is 0 Å². The van der Waals surface area contributed by atoms with Crippen LogP contribution in [0.4, 0.5) is 13.2 Å². The summed E-state index contributed by atoms with van der Waals surface area (Å²) >= 11 is 0. The third-order valence-electron chi connectivity index (χ3n) is 2.82. The number of carboxylic acids is 1. The van der Waals surface area contributed by atoms with Crippen LogP contribution in [-0.4, -0.2) is 39.7 Å². The van der Waals surface area contributed by atoms with Crippen molar-refractivity contribution < 1.29 is 27.6 Å². The number of rotatable bonds is 6. The molecule has 0 amide bonds. The first-order valence-corrected chi connectivity index (χ1v) is 6.24. The zero-order chi connectivity index (χ0) is 16.3. The van der Waals surface area contributed by atoms with Crippen molar-refractivity contribution in [1.82, 2.24) is 15.0 Å². The predicted molar refractivity (Wildman–Crippen MR) is 68.2 cm³/mol. The Labute approximate surface area is 123 Å². The molecule has 1 aromatic carbocycles. The van der Waals surface area contributed by atoms with Crippen molar-refractivity contribution >= 4 is 5.97 Å². The third kappa shape index (κ3) is 3.82. The highest BCUT2D eigenvalue weighted by molar-refractivity contribution is 5.66. The zero-order valence-corrected chi connectivity index (χ0v) is 11.5. The Morgan fingerprint density at radius 2 is 1.95 bits per heavy atom. The van der Waals surface area contributed by atoms with Crippen molar-refractivity contribution in [2.24, 2.45) is 0 Å². The summed E-state index contributed by atoms with van der Waals surface area (Å²) in [4.78, 5) is 16.0. The Hall–Kier alpha value is -2.42. The maximum Gasteiger partial charge on any atom is 0.304 e. The number of nitrogens with zero attached hydrogens (tertiary/aromatic N) is 3. The second-order valence-electron chi connectivity index (χ2n) is 4.65. The van der Waals surface area contributed by atoms with E-state index >= 15 is 0 Å². The Balaban J connectivity index is 2.10. The molecule has 0 unspecified atom stereocenters. The molecule has 2 aromatic rings. The van der Waals surface area contributed by atoms with Gasteiger partial charge >= 0.3 is 5.97 Å². The minimum atomic E-state index is -1.57. The highest BCUT2D eigenvalue weighted by Gasteiger charge is 2.16. The van der Waals surface area contributed by atoms with E-state index in [-0.39, 0.29) is 36.8 Å². The van der Waals surface area contributed by atoms with E-state index in [1.54, 1.807) is 11.9 Å². The van der Waals surface area contributed by atoms with E-state index in [0.29, 0.717) is 0 Å². The van der Waals surface area contributed by atoms with E-state index in [4.69, 9.17) is 9.63 Å². The molecule has 0 radical (unpaired) electrons. The molecule has 0 spiro atoms. The molecule has 0 atom stereocenters. The fraction of sp³-hybridized carbons (Fsp3) is 0.308. The first-order chi connectivity index (χ1) is 10.4. The lowest BCUT2D eigenvalue weighted by molar-refractivity contribution is -0.137. The number of aliphatic carboxylic acids is 1. The average molecular weight is 315 g/mol. The lowest BCUT2D eigenvalue weighted by atomic mass is 10.2. The third-order valence-corrected chi connectivity index (χ3v) is 2.82. The molecular formula is C13H12F3N3O3. The quantitative estimate of drug-likeness (QED) is 0.822. The van der Waals surface area contributed by atoms with Crippen molar-refractivity contribution in [1.29, 1.82) is 0 Å². The van der Waals surface area contributed by atoms with Crippen LogP contribution >= 0.6 is 0 Å². The molecule has 6 nitrogen and oxygen atoms in total. The minimum Gasteiger partial charge on any atom is -0.481 e. The summed E-state index contributed by atoms with van der Waals surface area (Å²) in [6.45, 7) is 0.444. The molecule has 0 aliphatic heterocycles. The molecule has 1 N–H and O–H groups in total. The lowest BCUT2D eigenvalue weighted by Crippen LogP contribution is -2.21. The summed E-state index contributed by atoms with van der Waals surface area (Å²) in [6.07, 6.45) is -0.0497. The molecule has 0 aliphatic carbocycles. The fourth-order valence-electron chi connectivity index (χ4n) is 1.72. The number of halogens is 3. The molecule has 2 rings (SSSR count). The number of benzene rings is 1. The average Bonchev–Trinajstić information content (AvgIpc) is 2.90. The summed E-state index contributed by atoms with van der Waals surface area (Å²) in [7, 11) is 1.66. The van der Waals surface area contributed by atoms with Crippen LogP contribution in [0.5, 0.6) is 0 Å². The number of aromatic nitrogens is 2. The normalized spacial score (nSPS) is 11.1. The molecule has 118 valence electrons. The Morgan fingerprint density at radius 3 is 2.55 bits per heavy atom. The van der Waals surface area contributed by atoms with Crippen LogP contribution in [0.25, 0.3) is 11.4 Å². The Morgan fingerprint density at radius 1 is 1.32 bits per heavy atom. The second kappa shape index (κ2) is 6.56. The lowest BCUT2D eigenvalue weighted by Gasteiger charge is -2.11. The van der Waals surface area contributed by atoms with E-state index < -0.39 is 23.4 Å². The molecule has 1 heterocycles. The van der Waals surface area contributed by atoms with Gasteiger partial charge in [-0.2, -0.15) is 4.98 Å². The number of hydrogen-bond donors (Lipinski definition) is 1. The molecule has 0 fully saturated rings. The highest BCUT2D eigenvalue weighted by atomic mass is 19.2. The fourth-order valence-corrected chi connectivity index (χ4v) is 1.72. The van der Waals surface area contributed by atoms with E-state index in [9.17, 15) is 18.0 Å². The SMILES string of the molecule is CN(CCC(=O)O)Cc1nc(-c2cc(F)c(F)c(F)c2)no1. The van der Waals surface area contributed by atoms with Crippen LogP contribution < -0.4 is 0 Å². The zero-order valence-electron chi connectivity index (χ0n) is 11.5. The number of hydrogen-bond acceptors (Lipinski definition) is 5. The van der Waals surface area contributed by atoms with Gasteiger partial charge in [0.1, 0.15) is 0 Å². The van der Waals surface area contributed by atoms with Crippen LogP contribution in [0.3, 0.4) is 0 Å². The first kappa shape index (κ1) is 16.0. The first-order valence-electron chi connectivity index (χ1n) is 6.24. The van der Waals surface area contributed by atoms with E-state index in [2.05, 4.69) is 10.1 Å². The summed E-state index contributed by atoms with van der Waals surface area (Å²) < 4.78 is 44.1. The summed E-state index contributed by atoms with van der Waals surface area (Å²) in [5.41, 5.74) is -0.0559. The maximum atomic E-state index is 13.2. The van der Waals surface area contributed by atoms with Crippen LogP contribution in [0.15, 0.2) is 16.7 Å². The second-order valence-corrected chi connectivity index (χ2v) is 4.65. The Bertz CT molecular complexity index is 667. The van der Waals surface area contributed by atoms with Gasteiger partial charge in [0.2, 0.25) is 11.7 Å². The van der Waals surface area contributed by atoms with Crippen LogP contribution in [0.1, 0.15) is 12.3 Å². The van der Waals surface area contributed by atoms with E-state index in [0.717, 1.165) is 12.1 Å². The van der Waals surface area contributed by atoms with E-state index in [1.165, 1.54) is 0 Å². The number of carbonyl (C=O) groups is 1. The standard InChI is InChI=1S/C13H12F3N3O3/c1-19(3-2-11(20)21)6-10-17-13(18-22-10)7-4-8(14)12(16)9(15)5-7/h4-5H,2-3,6H2,1H3,(H,20,21). The van der Waals surface area contributed by atoms with Gasteiger partial charge in [-0.25, -0.2) is 13.2 Å². The predicted octanol–water partition coefficient (Wildman–Crippen LogP) is 2.06. The minimum absolute atomic E-state index is 0.0497. The van der Waals surface area contributed by atoms with Crippen molar-refractivity contribution in [2.75, 3.05) is 13.6 Å². The molecule has 22 heavy (non-hydrogen) atoms. The molecule has 1 aromatic heterocycles. The van der Waals surface area contributed by atoms with E-state index in [1.807, 2.05) is 0 Å². The van der Waals surface area contributed by atoms with Crippen LogP contribution in [-0.2, 0) is 11.3 Å². The molecule has 0 aliphatic rings. The summed E-state index contributed by atoms with van der Waals surface area (Å²) in [5.74, 6) is -5.14. The Kier molecular flexibility index (Phi) is 4.76. The molecule has 0 saturated heterocycles. The molecule has 0 saturated carbocycles. The van der Waals surface area contributed by atoms with Gasteiger partial charge in [0, 0.05) is 12.1 Å². The largest absolute Gasteiger partial charge is 0.481 e. The van der Waals surface area contributed by atoms with Gasteiger partial charge in [0.15, 0.2) is 17.5 Å². The van der Waals surface area contributed by atoms with Crippen molar-refractivity contribution in [3.63, 3.8) is 0 Å². The maximum absolute atomic E-state index is 13.2. The van der Waals surface area contributed by atoms with Crippen molar-refractivity contribution in [2.45, 2.75) is 13.0 Å². The van der Waals surface area contributed by atoms with Crippen LogP contribution in [0, 0.1) is 17.5 Å². The molecule has 0 bridgehead atoms. The smallest absolute Gasteiger partial charge is 0.304 e. The van der Waals surface area contributed by atoms with Gasteiger partial charge in [-0.05, 0) is 19.2 Å². The van der Waals surface area contributed by atoms with Gasteiger partial charge in [-0.1, -0.05) is 5.16 Å². The summed E-state index contributed by atoms with van der Waals surface area (Å²) in [5, 5.41) is 12.1. The van der Waals surface area contributed by atoms with Gasteiger partial charge < -0.3 is 9.63 Å². The van der Waals surface area contributed by atoms with Gasteiger partial charge in [0.05, 0.1) is 13.0 Å². The highest BCUT2D eigenvalue weighted by Crippen LogP contribution is 2.21.